The van der Waals surface area contributed by atoms with Crippen LogP contribution >= 0.6 is 0 Å². The molecule has 1 atom stereocenters. The predicted octanol–water partition coefficient (Wildman–Crippen LogP) is 3.26. The lowest BCUT2D eigenvalue weighted by Crippen LogP contribution is -2.26. The zero-order chi connectivity index (χ0) is 14.5. The van der Waals surface area contributed by atoms with Gasteiger partial charge in [-0.1, -0.05) is 42.0 Å². The zero-order valence-corrected chi connectivity index (χ0v) is 11.9. The van der Waals surface area contributed by atoms with Crippen LogP contribution in [0.2, 0.25) is 0 Å². The third kappa shape index (κ3) is 3.58. The summed E-state index contributed by atoms with van der Waals surface area (Å²) in [6.45, 7) is 2.05. The van der Waals surface area contributed by atoms with E-state index in [4.69, 9.17) is 10.5 Å². The summed E-state index contributed by atoms with van der Waals surface area (Å²) in [5.41, 5.74) is 9.13. The number of rotatable bonds is 5. The van der Waals surface area contributed by atoms with E-state index in [0.717, 1.165) is 6.42 Å². The van der Waals surface area contributed by atoms with Gasteiger partial charge in [0.25, 0.3) is 0 Å². The highest BCUT2D eigenvalue weighted by molar-refractivity contribution is 5.32. The minimum absolute atomic E-state index is 0.112. The molecule has 0 spiro atoms. The fourth-order valence-corrected chi connectivity index (χ4v) is 2.25. The maximum absolute atomic E-state index is 14.0. The first kappa shape index (κ1) is 14.5. The van der Waals surface area contributed by atoms with E-state index in [0.29, 0.717) is 12.0 Å². The van der Waals surface area contributed by atoms with Crippen LogP contribution in [0.1, 0.15) is 16.7 Å². The lowest BCUT2D eigenvalue weighted by molar-refractivity contribution is 0.383. The Morgan fingerprint density at radius 1 is 1.10 bits per heavy atom. The van der Waals surface area contributed by atoms with Crippen LogP contribution in [0.25, 0.3) is 0 Å². The number of aryl methyl sites for hydroxylation is 1. The summed E-state index contributed by atoms with van der Waals surface area (Å²) >= 11 is 0. The number of methoxy groups -OCH3 is 1. The van der Waals surface area contributed by atoms with Crippen molar-refractivity contribution in [2.24, 2.45) is 5.73 Å². The fourth-order valence-electron chi connectivity index (χ4n) is 2.25. The van der Waals surface area contributed by atoms with Gasteiger partial charge in [0.15, 0.2) is 11.6 Å². The quantitative estimate of drug-likeness (QED) is 0.907. The third-order valence-corrected chi connectivity index (χ3v) is 3.36. The van der Waals surface area contributed by atoms with Gasteiger partial charge in [0.05, 0.1) is 7.11 Å². The molecule has 2 aromatic rings. The molecule has 2 aromatic carbocycles. The smallest absolute Gasteiger partial charge is 0.168 e. The Balaban J connectivity index is 2.04. The molecular formula is C17H20FNO. The Morgan fingerprint density at radius 2 is 1.80 bits per heavy atom. The maximum Gasteiger partial charge on any atom is 0.168 e. The Morgan fingerprint density at radius 3 is 2.45 bits per heavy atom. The molecule has 0 amide bonds. The van der Waals surface area contributed by atoms with Crippen molar-refractivity contribution in [2.75, 3.05) is 7.11 Å². The van der Waals surface area contributed by atoms with Crippen molar-refractivity contribution in [1.82, 2.24) is 0 Å². The van der Waals surface area contributed by atoms with Gasteiger partial charge in [0.1, 0.15) is 0 Å². The Hall–Kier alpha value is -1.87. The van der Waals surface area contributed by atoms with Crippen molar-refractivity contribution in [3.8, 4) is 5.75 Å². The zero-order valence-electron chi connectivity index (χ0n) is 11.9. The first-order valence-corrected chi connectivity index (χ1v) is 6.72. The Labute approximate surface area is 119 Å². The summed E-state index contributed by atoms with van der Waals surface area (Å²) in [6, 6.07) is 13.3. The molecule has 0 aromatic heterocycles. The van der Waals surface area contributed by atoms with Gasteiger partial charge in [-0.15, -0.1) is 0 Å². The molecule has 0 fully saturated rings. The summed E-state index contributed by atoms with van der Waals surface area (Å²) in [5.74, 6) is -0.0422. The third-order valence-electron chi connectivity index (χ3n) is 3.36. The van der Waals surface area contributed by atoms with Crippen LogP contribution in [0.4, 0.5) is 4.39 Å². The molecule has 2 N–H and O–H groups in total. The highest BCUT2D eigenvalue weighted by atomic mass is 19.1. The van der Waals surface area contributed by atoms with Crippen LogP contribution in [-0.2, 0) is 12.8 Å². The van der Waals surface area contributed by atoms with Gasteiger partial charge in [-0.2, -0.15) is 0 Å². The molecule has 2 rings (SSSR count). The highest BCUT2D eigenvalue weighted by Gasteiger charge is 2.12. The van der Waals surface area contributed by atoms with E-state index in [-0.39, 0.29) is 17.6 Å². The molecule has 2 nitrogen and oxygen atoms in total. The molecule has 0 saturated carbocycles. The summed E-state index contributed by atoms with van der Waals surface area (Å²) in [7, 11) is 1.47. The van der Waals surface area contributed by atoms with Crippen LogP contribution in [0.3, 0.4) is 0 Å². The van der Waals surface area contributed by atoms with Gasteiger partial charge < -0.3 is 10.5 Å². The van der Waals surface area contributed by atoms with Gasteiger partial charge in [0, 0.05) is 6.04 Å². The standard InChI is InChI=1S/C17H20FNO/c1-12-6-8-13(9-7-12)10-15(19)11-14-4-3-5-16(20-2)17(14)18/h3-9,15H,10-11,19H2,1-2H3. The SMILES string of the molecule is COc1cccc(CC(N)Cc2ccc(C)cc2)c1F. The van der Waals surface area contributed by atoms with E-state index in [1.807, 2.05) is 0 Å². The summed E-state index contributed by atoms with van der Waals surface area (Å²) in [5, 5.41) is 0. The van der Waals surface area contributed by atoms with Crippen molar-refractivity contribution in [3.63, 3.8) is 0 Å². The topological polar surface area (TPSA) is 35.2 Å². The van der Waals surface area contributed by atoms with Gasteiger partial charge in [0.2, 0.25) is 0 Å². The van der Waals surface area contributed by atoms with Crippen molar-refractivity contribution >= 4 is 0 Å². The van der Waals surface area contributed by atoms with E-state index in [9.17, 15) is 4.39 Å². The second-order valence-electron chi connectivity index (χ2n) is 5.09. The van der Waals surface area contributed by atoms with Gasteiger partial charge in [-0.05, 0) is 37.0 Å². The summed E-state index contributed by atoms with van der Waals surface area (Å²) < 4.78 is 19.0. The van der Waals surface area contributed by atoms with Crippen LogP contribution in [-0.4, -0.2) is 13.2 Å². The average molecular weight is 273 g/mol. The van der Waals surface area contributed by atoms with Crippen molar-refractivity contribution in [1.29, 1.82) is 0 Å². The van der Waals surface area contributed by atoms with E-state index < -0.39 is 0 Å². The molecular weight excluding hydrogens is 253 g/mol. The second-order valence-corrected chi connectivity index (χ2v) is 5.09. The molecule has 0 aliphatic heterocycles. The monoisotopic (exact) mass is 273 g/mol. The normalized spacial score (nSPS) is 12.2. The highest BCUT2D eigenvalue weighted by Crippen LogP contribution is 2.21. The minimum Gasteiger partial charge on any atom is -0.494 e. The first-order valence-electron chi connectivity index (χ1n) is 6.72. The van der Waals surface area contributed by atoms with Crippen LogP contribution in [0, 0.1) is 12.7 Å². The summed E-state index contributed by atoms with van der Waals surface area (Å²) in [6.07, 6.45) is 1.23. The van der Waals surface area contributed by atoms with Crippen LogP contribution < -0.4 is 10.5 Å². The average Bonchev–Trinajstić information content (AvgIpc) is 2.44. The summed E-state index contributed by atoms with van der Waals surface area (Å²) in [4.78, 5) is 0. The van der Waals surface area contributed by atoms with Crippen molar-refractivity contribution < 1.29 is 9.13 Å². The molecule has 0 bridgehead atoms. The number of benzene rings is 2. The number of hydrogen-bond acceptors (Lipinski definition) is 2. The number of halogens is 1. The maximum atomic E-state index is 14.0. The Bertz CT molecular complexity index is 566. The van der Waals surface area contributed by atoms with Crippen LogP contribution in [0.15, 0.2) is 42.5 Å². The molecule has 1 unspecified atom stereocenters. The molecule has 3 heteroatoms. The van der Waals surface area contributed by atoms with Gasteiger partial charge >= 0.3 is 0 Å². The van der Waals surface area contributed by atoms with E-state index >= 15 is 0 Å². The number of nitrogens with two attached hydrogens (primary N) is 1. The molecule has 20 heavy (non-hydrogen) atoms. The first-order chi connectivity index (χ1) is 9.60. The Kier molecular flexibility index (Phi) is 4.74. The molecule has 0 aliphatic rings. The van der Waals surface area contributed by atoms with Crippen LogP contribution in [0.5, 0.6) is 5.75 Å². The fraction of sp³-hybridized carbons (Fsp3) is 0.294. The molecule has 0 heterocycles. The molecule has 106 valence electrons. The van der Waals surface area contributed by atoms with E-state index in [2.05, 4.69) is 31.2 Å². The molecule has 0 saturated heterocycles. The molecule has 0 aliphatic carbocycles. The van der Waals surface area contributed by atoms with Crippen molar-refractivity contribution in [3.05, 3.63) is 65.0 Å². The predicted molar refractivity (Wildman–Crippen MR) is 79.5 cm³/mol. The van der Waals surface area contributed by atoms with E-state index in [1.165, 1.54) is 18.2 Å². The largest absolute Gasteiger partial charge is 0.494 e. The second kappa shape index (κ2) is 6.53. The van der Waals surface area contributed by atoms with Gasteiger partial charge in [-0.3, -0.25) is 0 Å². The number of ether oxygens (including phenoxy) is 1. The number of hydrogen-bond donors (Lipinski definition) is 1. The van der Waals surface area contributed by atoms with E-state index in [1.54, 1.807) is 18.2 Å². The lowest BCUT2D eigenvalue weighted by atomic mass is 9.98. The molecule has 0 radical (unpaired) electrons. The minimum atomic E-state index is -0.311. The lowest BCUT2D eigenvalue weighted by Gasteiger charge is -2.13. The van der Waals surface area contributed by atoms with Gasteiger partial charge in [-0.25, -0.2) is 4.39 Å². The van der Waals surface area contributed by atoms with Crippen molar-refractivity contribution in [2.45, 2.75) is 25.8 Å².